The fourth-order valence-electron chi connectivity index (χ4n) is 5.03. The van der Waals surface area contributed by atoms with Crippen molar-refractivity contribution in [3.8, 4) is 0 Å². The van der Waals surface area contributed by atoms with E-state index in [1.165, 1.54) is 29.8 Å². The van der Waals surface area contributed by atoms with Crippen LogP contribution in [0.25, 0.3) is 0 Å². The third-order valence-electron chi connectivity index (χ3n) is 6.96. The van der Waals surface area contributed by atoms with Crippen molar-refractivity contribution in [1.29, 1.82) is 0 Å². The van der Waals surface area contributed by atoms with Crippen LogP contribution in [0.15, 0.2) is 71.9 Å². The van der Waals surface area contributed by atoms with Gasteiger partial charge in [0, 0.05) is 43.5 Å². The average molecular weight is 529 g/mol. The molecule has 0 spiro atoms. The lowest BCUT2D eigenvalue weighted by Crippen LogP contribution is -2.45. The van der Waals surface area contributed by atoms with Gasteiger partial charge in [0.2, 0.25) is 10.0 Å². The molecular weight excluding hydrogens is 494 g/mol. The van der Waals surface area contributed by atoms with Crippen LogP contribution in [-0.4, -0.2) is 38.6 Å². The summed E-state index contributed by atoms with van der Waals surface area (Å²) >= 11 is 0. The minimum absolute atomic E-state index is 0.0863. The van der Waals surface area contributed by atoms with Crippen LogP contribution >= 0.6 is 0 Å². The highest BCUT2D eigenvalue weighted by molar-refractivity contribution is 7.89. The van der Waals surface area contributed by atoms with Gasteiger partial charge in [-0.1, -0.05) is 30.7 Å². The van der Waals surface area contributed by atoms with Crippen molar-refractivity contribution in [3.05, 3.63) is 95.3 Å². The summed E-state index contributed by atoms with van der Waals surface area (Å²) in [5.41, 5.74) is 9.74. The van der Waals surface area contributed by atoms with Crippen LogP contribution in [0.2, 0.25) is 0 Å². The van der Waals surface area contributed by atoms with Crippen molar-refractivity contribution in [2.75, 3.05) is 13.1 Å². The molecule has 0 amide bonds. The van der Waals surface area contributed by atoms with Crippen LogP contribution in [0.5, 0.6) is 0 Å². The van der Waals surface area contributed by atoms with Gasteiger partial charge in [0.05, 0.1) is 0 Å². The number of nitrogens with zero attached hydrogens (tertiary/aromatic N) is 1. The molecule has 1 aromatic heterocycles. The van der Waals surface area contributed by atoms with E-state index in [2.05, 4.69) is 21.1 Å². The van der Waals surface area contributed by atoms with Crippen molar-refractivity contribution in [3.63, 3.8) is 0 Å². The highest BCUT2D eigenvalue weighted by Gasteiger charge is 2.30. The molecule has 4 N–H and O–H groups in total. The van der Waals surface area contributed by atoms with Gasteiger partial charge >= 0.3 is 0 Å². The summed E-state index contributed by atoms with van der Waals surface area (Å²) < 4.78 is 54.7. The second-order valence-electron chi connectivity index (χ2n) is 9.65. The lowest BCUT2D eigenvalue weighted by Gasteiger charge is -2.35. The van der Waals surface area contributed by atoms with E-state index in [-0.39, 0.29) is 35.3 Å². The third kappa shape index (κ3) is 7.41. The molecule has 198 valence electrons. The molecule has 2 aromatic carbocycles. The van der Waals surface area contributed by atoms with E-state index in [1.807, 2.05) is 18.3 Å². The summed E-state index contributed by atoms with van der Waals surface area (Å²) in [7, 11) is -3.87. The highest BCUT2D eigenvalue weighted by Crippen LogP contribution is 2.35. The molecule has 0 radical (unpaired) electrons. The molecule has 0 unspecified atom stereocenters. The molecule has 1 aliphatic rings. The molecule has 1 aliphatic carbocycles. The van der Waals surface area contributed by atoms with Gasteiger partial charge < -0.3 is 11.1 Å². The second-order valence-corrected chi connectivity index (χ2v) is 11.4. The summed E-state index contributed by atoms with van der Waals surface area (Å²) in [5.74, 6) is -0.780. The van der Waals surface area contributed by atoms with Crippen LogP contribution in [0.4, 0.5) is 8.78 Å². The van der Waals surface area contributed by atoms with E-state index in [0.29, 0.717) is 13.0 Å². The number of pyridine rings is 1. The molecule has 0 fully saturated rings. The zero-order valence-electron chi connectivity index (χ0n) is 20.7. The lowest BCUT2D eigenvalue weighted by molar-refractivity contribution is 0.366. The number of aryl methyl sites for hydroxylation is 1. The topological polar surface area (TPSA) is 97.1 Å². The summed E-state index contributed by atoms with van der Waals surface area (Å²) in [6, 6.07) is 14.5. The lowest BCUT2D eigenvalue weighted by atomic mass is 9.76. The molecule has 6 nitrogen and oxygen atoms in total. The smallest absolute Gasteiger partial charge is 0.243 e. The number of sulfonamides is 1. The van der Waals surface area contributed by atoms with Crippen LogP contribution in [0.3, 0.4) is 0 Å². The molecule has 3 atom stereocenters. The first kappa shape index (κ1) is 27.3. The maximum Gasteiger partial charge on any atom is 0.243 e. The quantitative estimate of drug-likeness (QED) is 0.308. The fraction of sp³-hybridized carbons (Fsp3) is 0.393. The Morgan fingerprint density at radius 2 is 1.92 bits per heavy atom. The number of unbranched alkanes of at least 4 members (excludes halogenated alkanes) is 1. The molecule has 0 aliphatic heterocycles. The number of nitrogens with one attached hydrogen (secondary N) is 2. The van der Waals surface area contributed by atoms with Crippen LogP contribution in [-0.2, 0) is 22.9 Å². The minimum Gasteiger partial charge on any atom is -0.327 e. The van der Waals surface area contributed by atoms with Gasteiger partial charge in [0.1, 0.15) is 16.5 Å². The van der Waals surface area contributed by atoms with Gasteiger partial charge in [-0.3, -0.25) is 4.98 Å². The van der Waals surface area contributed by atoms with Crippen LogP contribution < -0.4 is 15.8 Å². The van der Waals surface area contributed by atoms with E-state index < -0.39 is 15.8 Å². The van der Waals surface area contributed by atoms with Gasteiger partial charge in [0.25, 0.3) is 0 Å². The molecule has 9 heteroatoms. The Bertz CT molecular complexity index is 1270. The van der Waals surface area contributed by atoms with Crippen molar-refractivity contribution in [1.82, 2.24) is 15.0 Å². The number of halogens is 2. The van der Waals surface area contributed by atoms with E-state index in [4.69, 9.17) is 5.73 Å². The Morgan fingerprint density at radius 3 is 2.70 bits per heavy atom. The van der Waals surface area contributed by atoms with Crippen molar-refractivity contribution < 1.29 is 17.2 Å². The molecule has 4 rings (SSSR count). The van der Waals surface area contributed by atoms with Crippen molar-refractivity contribution >= 4 is 10.0 Å². The fourth-order valence-corrected chi connectivity index (χ4v) is 6.19. The minimum atomic E-state index is -3.87. The molecular formula is C28H34F2N4O2S. The predicted octanol–water partition coefficient (Wildman–Crippen LogP) is 4.07. The van der Waals surface area contributed by atoms with Crippen molar-refractivity contribution in [2.24, 2.45) is 5.73 Å². The molecule has 37 heavy (non-hydrogen) atoms. The maximum atomic E-state index is 13.8. The normalized spacial score (nSPS) is 18.4. The Kier molecular flexibility index (Phi) is 9.37. The SMILES string of the molecule is N[C@@H](CCCCNS(=O)(=O)c1ccccc1F)CN[C@H]1CCc2cc(F)ccc2[C@@H]1Cc1cccnc1. The van der Waals surface area contributed by atoms with Gasteiger partial charge in [-0.25, -0.2) is 21.9 Å². The molecule has 0 saturated heterocycles. The van der Waals surface area contributed by atoms with Crippen LogP contribution in [0, 0.1) is 11.6 Å². The first-order valence-electron chi connectivity index (χ1n) is 12.7. The highest BCUT2D eigenvalue weighted by atomic mass is 32.2. The van der Waals surface area contributed by atoms with E-state index in [0.717, 1.165) is 49.3 Å². The Labute approximate surface area is 217 Å². The van der Waals surface area contributed by atoms with E-state index >= 15 is 0 Å². The van der Waals surface area contributed by atoms with E-state index in [1.54, 1.807) is 12.3 Å². The zero-order valence-corrected chi connectivity index (χ0v) is 21.6. The van der Waals surface area contributed by atoms with Gasteiger partial charge in [-0.2, -0.15) is 0 Å². The number of hydrogen-bond donors (Lipinski definition) is 3. The standard InChI is InChI=1S/C28H34F2N4O2S/c29-22-11-12-24-21(17-22)10-13-27(25(24)16-20-6-5-14-32-18-20)33-19-23(31)7-3-4-15-34-37(35,36)28-9-2-1-8-26(28)30/h1-2,5-6,8-9,11-12,14,17-18,23,25,27,33-34H,3-4,7,10,13,15-16,19,31H2/t23-,25-,27-/m0/s1. The predicted molar refractivity (Wildman–Crippen MR) is 141 cm³/mol. The first-order chi connectivity index (χ1) is 17.8. The Balaban J connectivity index is 1.26. The number of hydrogen-bond acceptors (Lipinski definition) is 5. The third-order valence-corrected chi connectivity index (χ3v) is 8.45. The summed E-state index contributed by atoms with van der Waals surface area (Å²) in [6.07, 6.45) is 8.23. The maximum absolute atomic E-state index is 13.8. The number of fused-ring (bicyclic) bond motifs is 1. The van der Waals surface area contributed by atoms with Crippen molar-refractivity contribution in [2.45, 2.75) is 61.4 Å². The van der Waals surface area contributed by atoms with E-state index in [9.17, 15) is 17.2 Å². The van der Waals surface area contributed by atoms with Crippen LogP contribution in [0.1, 0.15) is 48.3 Å². The Morgan fingerprint density at radius 1 is 1.08 bits per heavy atom. The zero-order chi connectivity index (χ0) is 26.3. The summed E-state index contributed by atoms with van der Waals surface area (Å²) in [6.45, 7) is 0.853. The molecule has 1 heterocycles. The average Bonchev–Trinajstić information content (AvgIpc) is 2.88. The Hall–Kier alpha value is -2.72. The summed E-state index contributed by atoms with van der Waals surface area (Å²) in [5, 5.41) is 3.65. The first-order valence-corrected chi connectivity index (χ1v) is 14.2. The number of rotatable bonds is 12. The second kappa shape index (κ2) is 12.7. The number of nitrogens with two attached hydrogens (primary N) is 1. The number of benzene rings is 2. The molecule has 3 aromatic rings. The monoisotopic (exact) mass is 528 g/mol. The largest absolute Gasteiger partial charge is 0.327 e. The molecule has 0 bridgehead atoms. The molecule has 0 saturated carbocycles. The summed E-state index contributed by atoms with van der Waals surface area (Å²) in [4.78, 5) is 3.90. The van der Waals surface area contributed by atoms with Gasteiger partial charge in [0.15, 0.2) is 0 Å². The van der Waals surface area contributed by atoms with Gasteiger partial charge in [-0.15, -0.1) is 0 Å². The van der Waals surface area contributed by atoms with Gasteiger partial charge in [-0.05, 0) is 79.1 Å². The number of aromatic nitrogens is 1.